The van der Waals surface area contributed by atoms with E-state index in [0.717, 1.165) is 28.1 Å². The highest BCUT2D eigenvalue weighted by Gasteiger charge is 2.15. The maximum absolute atomic E-state index is 8.82. The van der Waals surface area contributed by atoms with Crippen LogP contribution in [0.3, 0.4) is 0 Å². The van der Waals surface area contributed by atoms with Crippen molar-refractivity contribution >= 4 is 16.6 Å². The molecule has 17 heavy (non-hydrogen) atoms. The second-order valence-corrected chi connectivity index (χ2v) is 3.74. The fourth-order valence-electron chi connectivity index (χ4n) is 1.88. The highest BCUT2D eigenvalue weighted by Crippen LogP contribution is 2.37. The number of ether oxygens (including phenoxy) is 2. The van der Waals surface area contributed by atoms with E-state index in [4.69, 9.17) is 14.6 Å². The number of hydrogen-bond donors (Lipinski definition) is 2. The van der Waals surface area contributed by atoms with Crippen LogP contribution in [-0.2, 0) is 0 Å². The van der Waals surface area contributed by atoms with Crippen LogP contribution in [0.15, 0.2) is 24.4 Å². The van der Waals surface area contributed by atoms with Gasteiger partial charge in [0.25, 0.3) is 0 Å². The molecule has 0 amide bonds. The molecule has 88 valence electrons. The summed E-state index contributed by atoms with van der Waals surface area (Å²) in [6.07, 6.45) is 1.73. The zero-order valence-corrected chi connectivity index (χ0v) is 9.14. The largest absolute Gasteiger partial charge is 0.454 e. The summed E-state index contributed by atoms with van der Waals surface area (Å²) in [6, 6.07) is 5.76. The average molecular weight is 232 g/mol. The van der Waals surface area contributed by atoms with Crippen LogP contribution >= 0.6 is 0 Å². The Kier molecular flexibility index (Phi) is 2.45. The summed E-state index contributed by atoms with van der Waals surface area (Å²) >= 11 is 0. The fraction of sp³-hybridized carbons (Fsp3) is 0.250. The van der Waals surface area contributed by atoms with E-state index in [-0.39, 0.29) is 13.4 Å². The number of nitrogens with one attached hydrogen (secondary N) is 1. The number of aliphatic hydroxyl groups is 1. The Morgan fingerprint density at radius 1 is 1.29 bits per heavy atom. The van der Waals surface area contributed by atoms with Gasteiger partial charge in [0.15, 0.2) is 11.5 Å². The number of rotatable bonds is 3. The van der Waals surface area contributed by atoms with Crippen LogP contribution in [-0.4, -0.2) is 30.0 Å². The summed E-state index contributed by atoms with van der Waals surface area (Å²) < 4.78 is 10.7. The van der Waals surface area contributed by atoms with Gasteiger partial charge in [-0.1, -0.05) is 0 Å². The number of aliphatic hydroxyl groups excluding tert-OH is 1. The number of nitrogens with zero attached hydrogens (tertiary/aromatic N) is 1. The van der Waals surface area contributed by atoms with Gasteiger partial charge in [0, 0.05) is 18.1 Å². The first-order chi connectivity index (χ1) is 8.38. The molecule has 2 aromatic rings. The molecule has 2 N–H and O–H groups in total. The van der Waals surface area contributed by atoms with Crippen LogP contribution in [0.4, 0.5) is 5.82 Å². The lowest BCUT2D eigenvalue weighted by atomic mass is 10.1. The molecule has 0 saturated heterocycles. The third kappa shape index (κ3) is 1.74. The third-order valence-electron chi connectivity index (χ3n) is 2.66. The van der Waals surface area contributed by atoms with Gasteiger partial charge in [-0.05, 0) is 23.6 Å². The Labute approximate surface area is 98.0 Å². The molecule has 0 atom stereocenters. The molecule has 0 spiro atoms. The first-order valence-electron chi connectivity index (χ1n) is 5.41. The molecule has 0 bridgehead atoms. The number of benzene rings is 1. The van der Waals surface area contributed by atoms with Crippen molar-refractivity contribution in [3.63, 3.8) is 0 Å². The molecule has 5 nitrogen and oxygen atoms in total. The maximum Gasteiger partial charge on any atom is 0.231 e. The standard InChI is InChI=1S/C12H12N2O3/c15-4-3-14-12-9-6-11-10(16-7-17-11)5-8(9)1-2-13-12/h1-2,5-6,15H,3-4,7H2,(H,13,14). The summed E-state index contributed by atoms with van der Waals surface area (Å²) in [6.45, 7) is 0.807. The molecule has 1 aromatic carbocycles. The minimum Gasteiger partial charge on any atom is -0.454 e. The number of aromatic nitrogens is 1. The van der Waals surface area contributed by atoms with Gasteiger partial charge in [0.1, 0.15) is 5.82 Å². The van der Waals surface area contributed by atoms with E-state index in [1.165, 1.54) is 0 Å². The second kappa shape index (κ2) is 4.10. The van der Waals surface area contributed by atoms with Crippen molar-refractivity contribution in [2.45, 2.75) is 0 Å². The maximum atomic E-state index is 8.82. The van der Waals surface area contributed by atoms with Gasteiger partial charge in [-0.3, -0.25) is 0 Å². The zero-order valence-electron chi connectivity index (χ0n) is 9.14. The highest BCUT2D eigenvalue weighted by molar-refractivity contribution is 5.94. The summed E-state index contributed by atoms with van der Waals surface area (Å²) in [5, 5.41) is 13.9. The Morgan fingerprint density at radius 3 is 2.94 bits per heavy atom. The van der Waals surface area contributed by atoms with Crippen molar-refractivity contribution in [3.05, 3.63) is 24.4 Å². The van der Waals surface area contributed by atoms with Crippen LogP contribution in [0.25, 0.3) is 10.8 Å². The van der Waals surface area contributed by atoms with E-state index in [2.05, 4.69) is 10.3 Å². The van der Waals surface area contributed by atoms with E-state index >= 15 is 0 Å². The predicted octanol–water partition coefficient (Wildman–Crippen LogP) is 1.37. The van der Waals surface area contributed by atoms with Crippen LogP contribution in [0, 0.1) is 0 Å². The van der Waals surface area contributed by atoms with Gasteiger partial charge >= 0.3 is 0 Å². The summed E-state index contributed by atoms with van der Waals surface area (Å²) in [5.41, 5.74) is 0. The molecule has 5 heteroatoms. The SMILES string of the molecule is OCCNc1nccc2cc3c(cc12)OCO3. The summed E-state index contributed by atoms with van der Waals surface area (Å²) in [7, 11) is 0. The summed E-state index contributed by atoms with van der Waals surface area (Å²) in [5.74, 6) is 2.24. The lowest BCUT2D eigenvalue weighted by Crippen LogP contribution is -2.07. The topological polar surface area (TPSA) is 63.6 Å². The van der Waals surface area contributed by atoms with E-state index in [0.29, 0.717) is 6.54 Å². The Bertz CT molecular complexity index is 557. The minimum atomic E-state index is 0.0720. The molecular formula is C12H12N2O3. The lowest BCUT2D eigenvalue weighted by Gasteiger charge is -2.08. The molecule has 0 radical (unpaired) electrons. The number of fused-ring (bicyclic) bond motifs is 2. The van der Waals surface area contributed by atoms with Gasteiger partial charge in [-0.25, -0.2) is 4.98 Å². The Morgan fingerprint density at radius 2 is 2.12 bits per heavy atom. The van der Waals surface area contributed by atoms with Crippen LogP contribution in [0.2, 0.25) is 0 Å². The molecule has 2 heterocycles. The number of anilines is 1. The molecular weight excluding hydrogens is 220 g/mol. The molecule has 3 rings (SSSR count). The molecule has 0 aliphatic carbocycles. The Hall–Kier alpha value is -2.01. The molecule has 0 fully saturated rings. The lowest BCUT2D eigenvalue weighted by molar-refractivity contribution is 0.174. The normalized spacial score (nSPS) is 13.0. The van der Waals surface area contributed by atoms with Crippen molar-refractivity contribution in [1.82, 2.24) is 4.98 Å². The molecule has 1 aliphatic rings. The third-order valence-corrected chi connectivity index (χ3v) is 2.66. The molecule has 1 aromatic heterocycles. The predicted molar refractivity (Wildman–Crippen MR) is 63.4 cm³/mol. The number of hydrogen-bond acceptors (Lipinski definition) is 5. The van der Waals surface area contributed by atoms with Gasteiger partial charge < -0.3 is 19.9 Å². The van der Waals surface area contributed by atoms with Crippen molar-refractivity contribution in [3.8, 4) is 11.5 Å². The molecule has 0 saturated carbocycles. The van der Waals surface area contributed by atoms with Crippen molar-refractivity contribution in [2.24, 2.45) is 0 Å². The van der Waals surface area contributed by atoms with Crippen LogP contribution < -0.4 is 14.8 Å². The van der Waals surface area contributed by atoms with Gasteiger partial charge in [0.05, 0.1) is 6.61 Å². The fourth-order valence-corrected chi connectivity index (χ4v) is 1.88. The second-order valence-electron chi connectivity index (χ2n) is 3.74. The average Bonchev–Trinajstić information content (AvgIpc) is 2.80. The van der Waals surface area contributed by atoms with E-state index in [1.807, 2.05) is 18.2 Å². The number of pyridine rings is 1. The monoisotopic (exact) mass is 232 g/mol. The molecule has 1 aliphatic heterocycles. The smallest absolute Gasteiger partial charge is 0.231 e. The first kappa shape index (κ1) is 10.2. The van der Waals surface area contributed by atoms with Gasteiger partial charge in [-0.15, -0.1) is 0 Å². The van der Waals surface area contributed by atoms with Crippen LogP contribution in [0.5, 0.6) is 11.5 Å². The van der Waals surface area contributed by atoms with Crippen LogP contribution in [0.1, 0.15) is 0 Å². The van der Waals surface area contributed by atoms with Gasteiger partial charge in [0.2, 0.25) is 6.79 Å². The van der Waals surface area contributed by atoms with E-state index < -0.39 is 0 Å². The highest BCUT2D eigenvalue weighted by atomic mass is 16.7. The first-order valence-corrected chi connectivity index (χ1v) is 5.41. The molecule has 0 unspecified atom stereocenters. The minimum absolute atomic E-state index is 0.0720. The quantitative estimate of drug-likeness (QED) is 0.836. The van der Waals surface area contributed by atoms with Gasteiger partial charge in [-0.2, -0.15) is 0 Å². The van der Waals surface area contributed by atoms with E-state index in [1.54, 1.807) is 6.20 Å². The summed E-state index contributed by atoms with van der Waals surface area (Å²) in [4.78, 5) is 4.25. The Balaban J connectivity index is 2.11. The van der Waals surface area contributed by atoms with Crippen molar-refractivity contribution < 1.29 is 14.6 Å². The van der Waals surface area contributed by atoms with Crippen molar-refractivity contribution in [2.75, 3.05) is 25.3 Å². The van der Waals surface area contributed by atoms with E-state index in [9.17, 15) is 0 Å². The zero-order chi connectivity index (χ0) is 11.7. The van der Waals surface area contributed by atoms with Crippen molar-refractivity contribution in [1.29, 1.82) is 0 Å².